The van der Waals surface area contributed by atoms with Crippen molar-refractivity contribution >= 4 is 32.7 Å². The van der Waals surface area contributed by atoms with E-state index >= 15 is 0 Å². The fraction of sp³-hybridized carbons (Fsp3) is 0.500. The zero-order valence-electron chi connectivity index (χ0n) is 18.1. The number of imidazole rings is 1. The first-order valence-corrected chi connectivity index (χ1v) is 13.0. The summed E-state index contributed by atoms with van der Waals surface area (Å²) in [6.07, 6.45) is 1.73. The molecule has 2 aliphatic rings. The van der Waals surface area contributed by atoms with Crippen molar-refractivity contribution < 1.29 is 21.9 Å². The number of morpholine rings is 1. The fourth-order valence-electron chi connectivity index (χ4n) is 3.98. The van der Waals surface area contributed by atoms with E-state index in [0.717, 1.165) is 17.8 Å². The van der Waals surface area contributed by atoms with Gasteiger partial charge in [0.1, 0.15) is 16.1 Å². The molecule has 180 valence electrons. The van der Waals surface area contributed by atoms with E-state index in [1.165, 1.54) is 16.8 Å². The molecule has 5 rings (SSSR count). The molecule has 1 aliphatic carbocycles. The molecule has 2 fully saturated rings. The van der Waals surface area contributed by atoms with Gasteiger partial charge >= 0.3 is 0 Å². The predicted octanol–water partition coefficient (Wildman–Crippen LogP) is 2.74. The number of fused-ring (bicyclic) bond motifs is 1. The zero-order chi connectivity index (χ0) is 24.1. The third-order valence-corrected chi connectivity index (χ3v) is 8.48. The Morgan fingerprint density at radius 3 is 2.85 bits per heavy atom. The maximum atomic E-state index is 13.3. The van der Waals surface area contributed by atoms with Gasteiger partial charge in [-0.15, -0.1) is 10.2 Å². The highest BCUT2D eigenvalue weighted by Gasteiger charge is 2.47. The fourth-order valence-corrected chi connectivity index (χ4v) is 6.07. The van der Waals surface area contributed by atoms with Crippen LogP contribution in [0.1, 0.15) is 37.6 Å². The van der Waals surface area contributed by atoms with Crippen LogP contribution in [0.4, 0.5) is 14.5 Å². The van der Waals surface area contributed by atoms with E-state index < -0.39 is 27.0 Å². The molecule has 1 aliphatic heterocycles. The van der Waals surface area contributed by atoms with Crippen molar-refractivity contribution in [2.45, 2.75) is 49.1 Å². The van der Waals surface area contributed by atoms with Crippen LogP contribution in [-0.2, 0) is 14.8 Å². The van der Waals surface area contributed by atoms with Gasteiger partial charge in [-0.25, -0.2) is 22.2 Å². The summed E-state index contributed by atoms with van der Waals surface area (Å²) in [6.45, 7) is 3.50. The van der Waals surface area contributed by atoms with Crippen molar-refractivity contribution in [3.63, 3.8) is 0 Å². The normalized spacial score (nSPS) is 20.1. The average Bonchev–Trinajstić information content (AvgIpc) is 3.22. The summed E-state index contributed by atoms with van der Waals surface area (Å²) in [6, 6.07) is 3.58. The molecule has 0 bridgehead atoms. The van der Waals surface area contributed by atoms with Crippen molar-refractivity contribution in [2.75, 3.05) is 24.7 Å². The molecule has 0 radical (unpaired) electrons. The number of alkyl halides is 2. The van der Waals surface area contributed by atoms with Crippen molar-refractivity contribution in [3.05, 3.63) is 23.5 Å². The van der Waals surface area contributed by atoms with Gasteiger partial charge in [-0.3, -0.25) is 4.40 Å². The molecule has 0 spiro atoms. The Morgan fingerprint density at radius 1 is 1.41 bits per heavy atom. The van der Waals surface area contributed by atoms with Gasteiger partial charge in [0.25, 0.3) is 6.43 Å². The third-order valence-electron chi connectivity index (χ3n) is 6.02. The lowest BCUT2D eigenvalue weighted by Crippen LogP contribution is -2.45. The van der Waals surface area contributed by atoms with Crippen molar-refractivity contribution in [3.8, 4) is 16.8 Å². The first-order chi connectivity index (χ1) is 16.3. The van der Waals surface area contributed by atoms with Gasteiger partial charge < -0.3 is 9.64 Å². The topological polar surface area (TPSA) is 126 Å². The molecule has 4 heterocycles. The Bertz CT molecular complexity index is 1380. The highest BCUT2D eigenvalue weighted by atomic mass is 32.2. The predicted molar refractivity (Wildman–Crippen MR) is 119 cm³/mol. The Balaban J connectivity index is 1.68. The molecule has 14 heteroatoms. The van der Waals surface area contributed by atoms with E-state index in [0.29, 0.717) is 49.6 Å². The lowest BCUT2D eigenvalue weighted by atomic mass is 10.1. The molecule has 1 saturated heterocycles. The van der Waals surface area contributed by atoms with Crippen LogP contribution >= 0.6 is 11.3 Å². The summed E-state index contributed by atoms with van der Waals surface area (Å²) >= 11 is 0.722. The zero-order valence-corrected chi connectivity index (χ0v) is 19.7. The van der Waals surface area contributed by atoms with Crippen molar-refractivity contribution in [1.29, 1.82) is 5.26 Å². The minimum absolute atomic E-state index is 0.00413. The number of pyridine rings is 1. The lowest BCUT2D eigenvalue weighted by Gasteiger charge is -2.37. The Morgan fingerprint density at radius 2 is 2.21 bits per heavy atom. The number of aromatic nitrogens is 4. The number of ether oxygens (including phenoxy) is 1. The molecule has 1 atom stereocenters. The van der Waals surface area contributed by atoms with Crippen LogP contribution in [0, 0.1) is 11.3 Å². The highest BCUT2D eigenvalue weighted by molar-refractivity contribution is 7.89. The summed E-state index contributed by atoms with van der Waals surface area (Å²) in [5, 5.41) is 16.5. The molecule has 1 saturated carbocycles. The van der Waals surface area contributed by atoms with E-state index in [1.54, 1.807) is 6.07 Å². The molecule has 0 amide bonds. The lowest BCUT2D eigenvalue weighted by molar-refractivity contribution is 0.0930. The molecular formula is C20H21F2N7O3S2. The van der Waals surface area contributed by atoms with Gasteiger partial charge in [0.05, 0.1) is 37.2 Å². The van der Waals surface area contributed by atoms with E-state index in [4.69, 9.17) is 4.74 Å². The van der Waals surface area contributed by atoms with Gasteiger partial charge in [0, 0.05) is 12.7 Å². The number of sulfonamides is 1. The summed E-state index contributed by atoms with van der Waals surface area (Å²) in [7, 11) is -4.06. The molecule has 34 heavy (non-hydrogen) atoms. The number of nitrogens with one attached hydrogen (secondary N) is 1. The maximum absolute atomic E-state index is 13.3. The Labute approximate surface area is 198 Å². The first-order valence-electron chi connectivity index (χ1n) is 10.7. The van der Waals surface area contributed by atoms with Gasteiger partial charge in [0.15, 0.2) is 15.7 Å². The van der Waals surface area contributed by atoms with E-state index in [1.807, 2.05) is 13.0 Å². The molecule has 1 N–H and O–H groups in total. The first kappa shape index (κ1) is 23.0. The Kier molecular flexibility index (Phi) is 5.75. The SMILES string of the molecule is CC[C@@H]1COCCN1c1cc(S(=O)(=O)NC2(C#N)CC2)cn2c(-c3nnc(C(F)F)s3)cnc12. The number of rotatable bonds is 7. The number of halogens is 2. The monoisotopic (exact) mass is 509 g/mol. The van der Waals surface area contributed by atoms with Crippen LogP contribution in [0.5, 0.6) is 0 Å². The number of hydrogen-bond acceptors (Lipinski definition) is 9. The summed E-state index contributed by atoms with van der Waals surface area (Å²) in [5.74, 6) is 0. The molecular weight excluding hydrogens is 488 g/mol. The van der Waals surface area contributed by atoms with Crippen LogP contribution in [-0.4, -0.2) is 59.3 Å². The van der Waals surface area contributed by atoms with Crippen molar-refractivity contribution in [2.24, 2.45) is 0 Å². The molecule has 3 aromatic rings. The van der Waals surface area contributed by atoms with Gasteiger partial charge in [-0.2, -0.15) is 9.98 Å². The van der Waals surface area contributed by atoms with Gasteiger partial charge in [-0.05, 0) is 25.3 Å². The van der Waals surface area contributed by atoms with Crippen LogP contribution in [0.3, 0.4) is 0 Å². The van der Waals surface area contributed by atoms with Gasteiger partial charge in [-0.1, -0.05) is 18.3 Å². The van der Waals surface area contributed by atoms with Crippen LogP contribution in [0.2, 0.25) is 0 Å². The minimum atomic E-state index is -4.06. The number of hydrogen-bond donors (Lipinski definition) is 1. The second-order valence-electron chi connectivity index (χ2n) is 8.27. The minimum Gasteiger partial charge on any atom is -0.377 e. The highest BCUT2D eigenvalue weighted by Crippen LogP contribution is 2.38. The second kappa shape index (κ2) is 8.49. The summed E-state index contributed by atoms with van der Waals surface area (Å²) in [4.78, 5) is 6.48. The number of nitrogens with zero attached hydrogens (tertiary/aromatic N) is 6. The molecule has 10 nitrogen and oxygen atoms in total. The van der Waals surface area contributed by atoms with Crippen LogP contribution < -0.4 is 9.62 Å². The third kappa shape index (κ3) is 4.02. The summed E-state index contributed by atoms with van der Waals surface area (Å²) in [5.41, 5.74) is 0.289. The maximum Gasteiger partial charge on any atom is 0.291 e. The second-order valence-corrected chi connectivity index (χ2v) is 11.0. The van der Waals surface area contributed by atoms with Crippen LogP contribution in [0.25, 0.3) is 16.3 Å². The molecule has 0 unspecified atom stereocenters. The average molecular weight is 510 g/mol. The summed E-state index contributed by atoms with van der Waals surface area (Å²) < 4.78 is 62.4. The largest absolute Gasteiger partial charge is 0.377 e. The smallest absolute Gasteiger partial charge is 0.291 e. The van der Waals surface area contributed by atoms with E-state index in [-0.39, 0.29) is 15.9 Å². The van der Waals surface area contributed by atoms with E-state index in [2.05, 4.69) is 24.8 Å². The number of nitriles is 1. The van der Waals surface area contributed by atoms with Gasteiger partial charge in [0.2, 0.25) is 10.0 Å². The molecule has 0 aromatic carbocycles. The molecule has 3 aromatic heterocycles. The Hall–Kier alpha value is -2.73. The van der Waals surface area contributed by atoms with Crippen molar-refractivity contribution in [1.82, 2.24) is 24.3 Å². The van der Waals surface area contributed by atoms with Crippen LogP contribution in [0.15, 0.2) is 23.4 Å². The standard InChI is InChI=1S/C20H21F2N7O3S2/c1-2-12-10-32-6-5-28(12)14-7-13(34(30,31)27-20(11-23)3-4-20)9-29-15(8-24-17(14)29)18-25-26-19(33-18)16(21)22/h7-9,12,16,27H,2-6,10H2,1H3/t12-/m1/s1. The number of anilines is 1. The van der Waals surface area contributed by atoms with E-state index in [9.17, 15) is 22.5 Å². The quantitative estimate of drug-likeness (QED) is 0.515.